The lowest BCUT2D eigenvalue weighted by Gasteiger charge is -2.11. The fraction of sp³-hybridized carbons (Fsp3) is 0.211. The molecule has 0 amide bonds. The summed E-state index contributed by atoms with van der Waals surface area (Å²) < 4.78 is 22.5. The number of benzene rings is 2. The Hall–Kier alpha value is -2.20. The average molecular weight is 358 g/mol. The molecule has 0 spiro atoms. The molecule has 0 fully saturated rings. The molecule has 1 aromatic heterocycles. The maximum Gasteiger partial charge on any atom is 0.332 e. The molecule has 130 valence electrons. The van der Waals surface area contributed by atoms with Gasteiger partial charge in [-0.2, -0.15) is 0 Å². The summed E-state index contributed by atoms with van der Waals surface area (Å²) >= 11 is 0. The fourth-order valence-electron chi connectivity index (χ4n) is 2.66. The van der Waals surface area contributed by atoms with Crippen molar-refractivity contribution in [2.45, 2.75) is 20.0 Å². The van der Waals surface area contributed by atoms with Gasteiger partial charge in [-0.1, -0.05) is 35.9 Å². The van der Waals surface area contributed by atoms with Gasteiger partial charge in [0.15, 0.2) is 5.43 Å². The highest BCUT2D eigenvalue weighted by Gasteiger charge is 2.19. The standard InChI is InChI=1S/C19H19O5P/c1-3-23-25(21,22)12-14-5-7-15(8-6-14)19-11-17(20)16-10-13(2)4-9-18(16)24-19/h4-11H,3,12H2,1-2H3,(H,21,22). The molecule has 0 saturated carbocycles. The Morgan fingerprint density at radius 2 is 1.84 bits per heavy atom. The van der Waals surface area contributed by atoms with E-state index in [2.05, 4.69) is 0 Å². The zero-order valence-electron chi connectivity index (χ0n) is 14.1. The summed E-state index contributed by atoms with van der Waals surface area (Å²) in [5.74, 6) is 0.463. The molecule has 3 aromatic rings. The Morgan fingerprint density at radius 3 is 2.52 bits per heavy atom. The number of rotatable bonds is 5. The van der Waals surface area contributed by atoms with Gasteiger partial charge in [-0.05, 0) is 31.5 Å². The van der Waals surface area contributed by atoms with E-state index in [4.69, 9.17) is 8.94 Å². The summed E-state index contributed by atoms with van der Waals surface area (Å²) in [4.78, 5) is 22.0. The first kappa shape index (κ1) is 17.6. The summed E-state index contributed by atoms with van der Waals surface area (Å²) in [6.45, 7) is 3.79. The van der Waals surface area contributed by atoms with E-state index in [1.807, 2.05) is 13.0 Å². The Labute approximate surface area is 145 Å². The zero-order valence-corrected chi connectivity index (χ0v) is 15.0. The maximum absolute atomic E-state index is 12.3. The van der Waals surface area contributed by atoms with Crippen LogP contribution in [0.3, 0.4) is 0 Å². The fourth-order valence-corrected chi connectivity index (χ4v) is 3.83. The first-order valence-corrected chi connectivity index (χ1v) is 9.74. The SMILES string of the molecule is CCOP(=O)(O)Cc1ccc(-c2cc(=O)c3cc(C)ccc3o2)cc1. The number of fused-ring (bicyclic) bond motifs is 1. The molecule has 1 unspecified atom stereocenters. The van der Waals surface area contributed by atoms with Crippen molar-refractivity contribution in [3.63, 3.8) is 0 Å². The monoisotopic (exact) mass is 358 g/mol. The molecule has 2 aromatic carbocycles. The van der Waals surface area contributed by atoms with Crippen LogP contribution in [0.15, 0.2) is 57.7 Å². The Bertz CT molecular complexity index is 1000. The van der Waals surface area contributed by atoms with Gasteiger partial charge >= 0.3 is 7.60 Å². The Balaban J connectivity index is 1.92. The molecule has 0 bridgehead atoms. The van der Waals surface area contributed by atoms with Crippen molar-refractivity contribution in [2.24, 2.45) is 0 Å². The van der Waals surface area contributed by atoms with Crippen LogP contribution in [0.5, 0.6) is 0 Å². The smallest absolute Gasteiger partial charge is 0.332 e. The van der Waals surface area contributed by atoms with Gasteiger partial charge < -0.3 is 13.8 Å². The molecule has 6 heteroatoms. The predicted molar refractivity (Wildman–Crippen MR) is 97.8 cm³/mol. The number of aryl methyl sites for hydroxylation is 1. The molecule has 0 aliphatic carbocycles. The highest BCUT2D eigenvalue weighted by Crippen LogP contribution is 2.45. The normalized spacial score (nSPS) is 13.7. The van der Waals surface area contributed by atoms with Crippen LogP contribution in [-0.4, -0.2) is 11.5 Å². The highest BCUT2D eigenvalue weighted by atomic mass is 31.2. The highest BCUT2D eigenvalue weighted by molar-refractivity contribution is 7.51. The van der Waals surface area contributed by atoms with E-state index in [9.17, 15) is 14.3 Å². The van der Waals surface area contributed by atoms with E-state index in [1.165, 1.54) is 6.07 Å². The van der Waals surface area contributed by atoms with E-state index in [0.717, 1.165) is 11.1 Å². The molecule has 3 rings (SSSR count). The number of hydrogen-bond acceptors (Lipinski definition) is 4. The molecule has 5 nitrogen and oxygen atoms in total. The lowest BCUT2D eigenvalue weighted by molar-refractivity contribution is 0.272. The maximum atomic E-state index is 12.3. The van der Waals surface area contributed by atoms with Crippen LogP contribution >= 0.6 is 7.60 Å². The van der Waals surface area contributed by atoms with Gasteiger partial charge in [-0.3, -0.25) is 9.36 Å². The largest absolute Gasteiger partial charge is 0.456 e. The average Bonchev–Trinajstić information content (AvgIpc) is 2.55. The third-order valence-corrected chi connectivity index (χ3v) is 5.26. The van der Waals surface area contributed by atoms with E-state index in [-0.39, 0.29) is 18.2 Å². The van der Waals surface area contributed by atoms with Crippen molar-refractivity contribution >= 4 is 18.6 Å². The van der Waals surface area contributed by atoms with Crippen molar-refractivity contribution in [2.75, 3.05) is 6.61 Å². The van der Waals surface area contributed by atoms with Gasteiger partial charge in [0.25, 0.3) is 0 Å². The second kappa shape index (κ2) is 6.96. The van der Waals surface area contributed by atoms with Crippen LogP contribution in [0, 0.1) is 6.92 Å². The molecule has 1 heterocycles. The van der Waals surface area contributed by atoms with Crippen LogP contribution in [0.4, 0.5) is 0 Å². The van der Waals surface area contributed by atoms with Gasteiger partial charge in [0.2, 0.25) is 0 Å². The first-order valence-electron chi connectivity index (χ1n) is 7.98. The van der Waals surface area contributed by atoms with Gasteiger partial charge in [0, 0.05) is 11.6 Å². The summed E-state index contributed by atoms with van der Waals surface area (Å²) in [5.41, 5.74) is 2.85. The van der Waals surface area contributed by atoms with Crippen molar-refractivity contribution in [3.8, 4) is 11.3 Å². The molecule has 0 radical (unpaired) electrons. The first-order chi connectivity index (χ1) is 11.9. The van der Waals surface area contributed by atoms with E-state index in [1.54, 1.807) is 43.3 Å². The summed E-state index contributed by atoms with van der Waals surface area (Å²) in [7, 11) is -3.62. The van der Waals surface area contributed by atoms with Crippen molar-refractivity contribution in [3.05, 3.63) is 69.9 Å². The van der Waals surface area contributed by atoms with E-state index < -0.39 is 7.60 Å². The lowest BCUT2D eigenvalue weighted by Crippen LogP contribution is -2.00. The predicted octanol–water partition coefficient (Wildman–Crippen LogP) is 4.49. The summed E-state index contributed by atoms with van der Waals surface area (Å²) in [6.07, 6.45) is -0.0535. The zero-order chi connectivity index (χ0) is 18.0. The quantitative estimate of drug-likeness (QED) is 0.680. The molecule has 1 N–H and O–H groups in total. The lowest BCUT2D eigenvalue weighted by atomic mass is 10.1. The van der Waals surface area contributed by atoms with Crippen LogP contribution in [0.25, 0.3) is 22.3 Å². The van der Waals surface area contributed by atoms with Gasteiger partial charge in [0.05, 0.1) is 18.2 Å². The van der Waals surface area contributed by atoms with E-state index >= 15 is 0 Å². The van der Waals surface area contributed by atoms with Crippen LogP contribution in [0.1, 0.15) is 18.1 Å². The van der Waals surface area contributed by atoms with Crippen LogP contribution < -0.4 is 5.43 Å². The van der Waals surface area contributed by atoms with Gasteiger partial charge in [0.1, 0.15) is 11.3 Å². The third kappa shape index (κ3) is 4.07. The second-order valence-corrected chi connectivity index (χ2v) is 7.73. The Morgan fingerprint density at radius 1 is 1.12 bits per heavy atom. The molecule has 25 heavy (non-hydrogen) atoms. The topological polar surface area (TPSA) is 76.7 Å². The van der Waals surface area contributed by atoms with Gasteiger partial charge in [-0.15, -0.1) is 0 Å². The van der Waals surface area contributed by atoms with Crippen molar-refractivity contribution < 1.29 is 18.4 Å². The second-order valence-electron chi connectivity index (χ2n) is 5.88. The van der Waals surface area contributed by atoms with E-state index in [0.29, 0.717) is 22.3 Å². The van der Waals surface area contributed by atoms with Crippen molar-refractivity contribution in [1.29, 1.82) is 0 Å². The minimum absolute atomic E-state index is 0.0535. The number of hydrogen-bond donors (Lipinski definition) is 1. The third-order valence-electron chi connectivity index (χ3n) is 3.83. The van der Waals surface area contributed by atoms with Crippen molar-refractivity contribution in [1.82, 2.24) is 0 Å². The molecule has 0 aliphatic heterocycles. The Kier molecular flexibility index (Phi) is 4.91. The minimum Gasteiger partial charge on any atom is -0.456 e. The van der Waals surface area contributed by atoms with Gasteiger partial charge in [-0.25, -0.2) is 0 Å². The molecular formula is C19H19O5P. The molecule has 0 aliphatic rings. The molecule has 0 saturated heterocycles. The summed E-state index contributed by atoms with van der Waals surface area (Å²) in [5, 5.41) is 0.554. The summed E-state index contributed by atoms with van der Waals surface area (Å²) in [6, 6.07) is 13.9. The molecule has 1 atom stereocenters. The molecular weight excluding hydrogens is 339 g/mol. The van der Waals surface area contributed by atoms with Crippen LogP contribution in [0.2, 0.25) is 0 Å². The van der Waals surface area contributed by atoms with Crippen LogP contribution in [-0.2, 0) is 15.3 Å². The minimum atomic E-state index is -3.62.